The second-order valence-electron chi connectivity index (χ2n) is 6.12. The van der Waals surface area contributed by atoms with Crippen molar-refractivity contribution in [2.45, 2.75) is 18.3 Å². The molecular formula is C19H19F3N6S2. The van der Waals surface area contributed by atoms with Crippen LogP contribution in [0.25, 0.3) is 0 Å². The first-order valence-electron chi connectivity index (χ1n) is 8.66. The fraction of sp³-hybridized carbons (Fsp3) is 0.211. The highest BCUT2D eigenvalue weighted by atomic mass is 32.2. The third-order valence-electron chi connectivity index (χ3n) is 4.09. The smallest absolute Gasteiger partial charge is 0.386 e. The van der Waals surface area contributed by atoms with Crippen LogP contribution in [-0.2, 0) is 11.9 Å². The Hall–Kier alpha value is -2.93. The first-order chi connectivity index (χ1) is 14.3. The summed E-state index contributed by atoms with van der Waals surface area (Å²) in [6, 6.07) is 4.88. The van der Waals surface area contributed by atoms with Gasteiger partial charge in [0.25, 0.3) is 0 Å². The molecule has 6 nitrogen and oxygen atoms in total. The summed E-state index contributed by atoms with van der Waals surface area (Å²) in [4.78, 5) is 0. The number of halogens is 3. The van der Waals surface area contributed by atoms with Gasteiger partial charge in [0.2, 0.25) is 0 Å². The highest BCUT2D eigenvalue weighted by Crippen LogP contribution is 2.32. The zero-order valence-electron chi connectivity index (χ0n) is 15.7. The van der Waals surface area contributed by atoms with E-state index in [1.165, 1.54) is 6.07 Å². The molecule has 0 amide bonds. The van der Waals surface area contributed by atoms with Crippen LogP contribution in [0, 0.1) is 16.7 Å². The van der Waals surface area contributed by atoms with E-state index < -0.39 is 11.7 Å². The van der Waals surface area contributed by atoms with Crippen LogP contribution >= 0.6 is 23.5 Å². The maximum atomic E-state index is 12.8. The molecule has 1 heterocycles. The Kier molecular flexibility index (Phi) is 6.72. The van der Waals surface area contributed by atoms with Crippen LogP contribution in [0.15, 0.2) is 58.3 Å². The molecule has 1 aromatic rings. The highest BCUT2D eigenvalue weighted by Gasteiger charge is 2.31. The van der Waals surface area contributed by atoms with Crippen LogP contribution in [0.3, 0.4) is 0 Å². The summed E-state index contributed by atoms with van der Waals surface area (Å²) in [5.74, 6) is 0.952. The van der Waals surface area contributed by atoms with Crippen molar-refractivity contribution in [3.8, 4) is 6.07 Å². The fourth-order valence-electron chi connectivity index (χ4n) is 2.47. The van der Waals surface area contributed by atoms with Gasteiger partial charge < -0.3 is 10.6 Å². The van der Waals surface area contributed by atoms with Crippen molar-refractivity contribution in [1.29, 1.82) is 10.7 Å². The number of nitrogens with one attached hydrogen (secondary N) is 5. The average molecular weight is 453 g/mol. The molecule has 0 atom stereocenters. The van der Waals surface area contributed by atoms with Crippen LogP contribution in [-0.4, -0.2) is 11.4 Å². The predicted octanol–water partition coefficient (Wildman–Crippen LogP) is 4.09. The van der Waals surface area contributed by atoms with Crippen molar-refractivity contribution in [3.63, 3.8) is 0 Å². The molecule has 1 aliphatic heterocycles. The summed E-state index contributed by atoms with van der Waals surface area (Å²) in [6.07, 6.45) is 0.104. The Bertz CT molecular complexity index is 1040. The SMILES string of the molecule is CNC1=C(SC(=N)SCc2ccc(C(F)(F)F)cc2C#N)NNC(NC2=C=CC2)=C1.[HH]. The van der Waals surface area contributed by atoms with Gasteiger partial charge in [-0.25, -0.2) is 0 Å². The zero-order chi connectivity index (χ0) is 21.7. The normalized spacial score (nSPS) is 15.2. The summed E-state index contributed by atoms with van der Waals surface area (Å²) in [5, 5.41) is 24.3. The van der Waals surface area contributed by atoms with Gasteiger partial charge in [-0.3, -0.25) is 16.3 Å². The quantitative estimate of drug-likeness (QED) is 0.252. The van der Waals surface area contributed by atoms with E-state index in [0.717, 1.165) is 59.3 Å². The molecule has 0 unspecified atom stereocenters. The van der Waals surface area contributed by atoms with Crippen LogP contribution in [0.5, 0.6) is 0 Å². The molecule has 0 saturated heterocycles. The topological polar surface area (TPSA) is 95.8 Å². The van der Waals surface area contributed by atoms with Gasteiger partial charge in [-0.2, -0.15) is 18.4 Å². The van der Waals surface area contributed by atoms with E-state index in [0.29, 0.717) is 10.6 Å². The van der Waals surface area contributed by atoms with Gasteiger partial charge in [-0.15, -0.1) is 5.73 Å². The lowest BCUT2D eigenvalue weighted by Gasteiger charge is -2.24. The molecule has 11 heteroatoms. The lowest BCUT2D eigenvalue weighted by Crippen LogP contribution is -2.40. The first kappa shape index (κ1) is 21.8. The average Bonchev–Trinajstić information content (AvgIpc) is 2.69. The van der Waals surface area contributed by atoms with Crippen LogP contribution in [0.2, 0.25) is 0 Å². The molecule has 0 fully saturated rings. The van der Waals surface area contributed by atoms with Gasteiger partial charge in [0.1, 0.15) is 15.2 Å². The molecule has 2 aliphatic rings. The summed E-state index contributed by atoms with van der Waals surface area (Å²) in [6.45, 7) is 0. The largest absolute Gasteiger partial charge is 0.416 e. The molecule has 30 heavy (non-hydrogen) atoms. The fourth-order valence-corrected chi connectivity index (χ4v) is 4.23. The number of hydrogen-bond acceptors (Lipinski definition) is 8. The standard InChI is InChI=1S/C19H17F3N6S2.H2/c1-25-15-8-16(26-14-3-2-4-14)27-28-17(15)30-18(24)29-10-11-5-6-13(19(20,21)22)7-12(11)9-23;/h2,5-8,24-28H,3,10H2,1H3;1H. The van der Waals surface area contributed by atoms with E-state index in [4.69, 9.17) is 5.41 Å². The van der Waals surface area contributed by atoms with Gasteiger partial charge in [-0.1, -0.05) is 17.8 Å². The van der Waals surface area contributed by atoms with E-state index in [-0.39, 0.29) is 17.1 Å². The molecule has 0 bridgehead atoms. The molecule has 5 N–H and O–H groups in total. The van der Waals surface area contributed by atoms with Crippen LogP contribution in [0.1, 0.15) is 24.5 Å². The van der Waals surface area contributed by atoms with Gasteiger partial charge in [0.05, 0.1) is 28.6 Å². The highest BCUT2D eigenvalue weighted by molar-refractivity contribution is 8.39. The Morgan fingerprint density at radius 3 is 2.77 bits per heavy atom. The van der Waals surface area contributed by atoms with Gasteiger partial charge >= 0.3 is 6.18 Å². The molecule has 0 aromatic heterocycles. The second kappa shape index (κ2) is 9.26. The number of hydrogen-bond donors (Lipinski definition) is 5. The predicted molar refractivity (Wildman–Crippen MR) is 115 cm³/mol. The van der Waals surface area contributed by atoms with Gasteiger partial charge in [-0.05, 0) is 35.5 Å². The first-order valence-corrected chi connectivity index (χ1v) is 10.5. The van der Waals surface area contributed by atoms with Crippen molar-refractivity contribution in [3.05, 3.63) is 75.0 Å². The number of nitrogens with zero attached hydrogens (tertiary/aromatic N) is 1. The van der Waals surface area contributed by atoms with Crippen LogP contribution < -0.4 is 21.5 Å². The Balaban J connectivity index is 0.00000341. The second-order valence-corrected chi connectivity index (χ2v) is 8.38. The number of rotatable bonds is 6. The van der Waals surface area contributed by atoms with Gasteiger partial charge in [0.15, 0.2) is 0 Å². The minimum absolute atomic E-state index is 0. The van der Waals surface area contributed by atoms with Gasteiger partial charge in [0, 0.05) is 26.7 Å². The van der Waals surface area contributed by atoms with E-state index in [1.54, 1.807) is 13.1 Å². The lowest BCUT2D eigenvalue weighted by molar-refractivity contribution is -0.137. The van der Waals surface area contributed by atoms with E-state index >= 15 is 0 Å². The van der Waals surface area contributed by atoms with Crippen molar-refractivity contribution < 1.29 is 14.6 Å². The number of likely N-dealkylation sites (N-methyl/N-ethyl adjacent to an activating group) is 1. The Labute approximate surface area is 181 Å². The lowest BCUT2D eigenvalue weighted by atomic mass is 10.1. The third-order valence-corrected chi connectivity index (χ3v) is 6.13. The maximum absolute atomic E-state index is 12.8. The molecule has 3 rings (SSSR count). The summed E-state index contributed by atoms with van der Waals surface area (Å²) >= 11 is 2.29. The van der Waals surface area contributed by atoms with Crippen molar-refractivity contribution >= 4 is 27.9 Å². The number of hydrazine groups is 1. The summed E-state index contributed by atoms with van der Waals surface area (Å²) in [5.41, 5.74) is 10.3. The van der Waals surface area contributed by atoms with E-state index in [2.05, 4.69) is 27.2 Å². The minimum Gasteiger partial charge on any atom is -0.386 e. The molecule has 0 radical (unpaired) electrons. The van der Waals surface area contributed by atoms with E-state index in [9.17, 15) is 18.4 Å². The van der Waals surface area contributed by atoms with Crippen molar-refractivity contribution in [1.82, 2.24) is 21.5 Å². The Morgan fingerprint density at radius 2 is 2.17 bits per heavy atom. The maximum Gasteiger partial charge on any atom is 0.416 e. The number of benzene rings is 1. The molecule has 1 aliphatic carbocycles. The number of allylic oxidation sites excluding steroid dienone is 1. The zero-order valence-corrected chi connectivity index (χ0v) is 17.3. The molecule has 158 valence electrons. The molecule has 0 spiro atoms. The monoisotopic (exact) mass is 452 g/mol. The summed E-state index contributed by atoms with van der Waals surface area (Å²) < 4.78 is 38.7. The number of thioether (sulfide) groups is 2. The molecule has 1 aromatic carbocycles. The molecule has 0 saturated carbocycles. The van der Waals surface area contributed by atoms with Crippen LogP contribution in [0.4, 0.5) is 13.2 Å². The number of nitriles is 1. The number of alkyl halides is 3. The molecular weight excluding hydrogens is 433 g/mol. The Morgan fingerprint density at radius 1 is 1.40 bits per heavy atom. The van der Waals surface area contributed by atoms with Crippen molar-refractivity contribution in [2.24, 2.45) is 0 Å². The van der Waals surface area contributed by atoms with Crippen molar-refractivity contribution in [2.75, 3.05) is 7.05 Å². The minimum atomic E-state index is -4.50. The van der Waals surface area contributed by atoms with E-state index in [1.807, 2.05) is 12.2 Å². The summed E-state index contributed by atoms with van der Waals surface area (Å²) in [7, 11) is 1.76. The third kappa shape index (κ3) is 5.36.